The molecule has 2 atom stereocenters. The molecule has 0 aliphatic heterocycles. The van der Waals surface area contributed by atoms with Crippen molar-refractivity contribution in [3.8, 4) is 11.1 Å². The van der Waals surface area contributed by atoms with E-state index in [1.54, 1.807) is 42.5 Å². The van der Waals surface area contributed by atoms with Crippen molar-refractivity contribution >= 4 is 45.2 Å². The van der Waals surface area contributed by atoms with Crippen LogP contribution in [-0.4, -0.2) is 45.1 Å². The summed E-state index contributed by atoms with van der Waals surface area (Å²) in [4.78, 5) is 37.8. The van der Waals surface area contributed by atoms with E-state index in [1.165, 1.54) is 26.2 Å². The van der Waals surface area contributed by atoms with Crippen LogP contribution in [0.2, 0.25) is 0 Å². The summed E-state index contributed by atoms with van der Waals surface area (Å²) in [5.74, 6) is -0.866. The number of hydrogen-bond acceptors (Lipinski definition) is 8. The first-order valence-electron chi connectivity index (χ1n) is 16.4. The number of para-hydroxylation sites is 1. The molecule has 10 nitrogen and oxygen atoms in total. The number of nitro groups is 1. The molecule has 1 unspecified atom stereocenters. The maximum absolute atomic E-state index is 13.7. The monoisotopic (exact) mass is 712 g/mol. The third-order valence-electron chi connectivity index (χ3n) is 9.05. The molecule has 6 rings (SSSR count). The predicted octanol–water partition coefficient (Wildman–Crippen LogP) is 7.34. The van der Waals surface area contributed by atoms with Gasteiger partial charge in [0.05, 0.1) is 29.7 Å². The third kappa shape index (κ3) is 7.10. The normalized spacial score (nSPS) is 12.5. The van der Waals surface area contributed by atoms with Crippen LogP contribution in [0, 0.1) is 10.1 Å². The Balaban J connectivity index is 1.48. The number of carbonyl (C=O) groups excluding carboxylic acids is 2. The van der Waals surface area contributed by atoms with Gasteiger partial charge in [-0.3, -0.25) is 33.5 Å². The van der Waals surface area contributed by atoms with Crippen molar-refractivity contribution < 1.29 is 28.0 Å². The minimum Gasteiger partial charge on any atom is -0.755 e. The molecule has 6 aromatic rings. The van der Waals surface area contributed by atoms with E-state index < -0.39 is 46.0 Å². The van der Waals surface area contributed by atoms with Crippen LogP contribution >= 0.6 is 0 Å². The number of benzene rings is 6. The highest BCUT2D eigenvalue weighted by molar-refractivity contribution is 7.80. The van der Waals surface area contributed by atoms with Crippen LogP contribution < -0.4 is 9.62 Å². The molecule has 0 spiro atoms. The van der Waals surface area contributed by atoms with Crippen LogP contribution in [-0.2, 0) is 26.3 Å². The Morgan fingerprint density at radius 3 is 1.83 bits per heavy atom. The molecule has 0 saturated heterocycles. The van der Waals surface area contributed by atoms with Gasteiger partial charge in [0.2, 0.25) is 0 Å². The van der Waals surface area contributed by atoms with Crippen LogP contribution in [0.5, 0.6) is 0 Å². The van der Waals surface area contributed by atoms with Crippen LogP contribution in [0.4, 0.5) is 11.4 Å². The number of nitrogens with zero attached hydrogens (tertiary/aromatic N) is 2. The van der Waals surface area contributed by atoms with Gasteiger partial charge in [0.25, 0.3) is 0 Å². The smallest absolute Gasteiger partial charge is 0.324 e. The number of rotatable bonds is 13. The molecule has 0 aliphatic carbocycles. The molecule has 0 bridgehead atoms. The average Bonchev–Trinajstić information content (AvgIpc) is 3.18. The van der Waals surface area contributed by atoms with Gasteiger partial charge in [0.1, 0.15) is 11.7 Å². The molecule has 262 valence electrons. The van der Waals surface area contributed by atoms with Crippen molar-refractivity contribution in [3.63, 3.8) is 0 Å². The van der Waals surface area contributed by atoms with Crippen molar-refractivity contribution in [1.29, 1.82) is 0 Å². The standard InChI is InChI=1S/C41H35N3O7S/c1-28(45)29-21-22-31-26-32(24-23-30(31)25-29)36-19-12-20-38(39(36)44(47)48)43(52(49)50)27-37(40(46)51-2)42-41(33-13-6-3-7-14-33,34-15-8-4-9-16-34)35-17-10-5-11-18-35/h3-26,37,42H,27H2,1-2H3,(H,49,50)/p-1/t37-/m0/s1. The van der Waals surface area contributed by atoms with E-state index in [9.17, 15) is 28.5 Å². The number of hydrogen-bond donors (Lipinski definition) is 1. The van der Waals surface area contributed by atoms with E-state index in [-0.39, 0.29) is 17.0 Å². The van der Waals surface area contributed by atoms with Gasteiger partial charge in [0.15, 0.2) is 5.78 Å². The second-order valence-electron chi connectivity index (χ2n) is 12.1. The number of methoxy groups -OCH3 is 1. The predicted molar refractivity (Wildman–Crippen MR) is 200 cm³/mol. The maximum Gasteiger partial charge on any atom is 0.324 e. The number of carbonyl (C=O) groups is 2. The number of fused-ring (bicyclic) bond motifs is 1. The summed E-state index contributed by atoms with van der Waals surface area (Å²) in [6.45, 7) is 0.925. The molecular formula is C41H34N3O7S-. The number of ketones is 1. The zero-order valence-electron chi connectivity index (χ0n) is 28.3. The Morgan fingerprint density at radius 2 is 1.33 bits per heavy atom. The highest BCUT2D eigenvalue weighted by atomic mass is 32.2. The number of nitro benzene ring substituents is 1. The van der Waals surface area contributed by atoms with Gasteiger partial charge < -0.3 is 9.29 Å². The Hall–Kier alpha value is -6.01. The molecule has 0 heterocycles. The summed E-state index contributed by atoms with van der Waals surface area (Å²) < 4.78 is 32.2. The van der Waals surface area contributed by atoms with Crippen molar-refractivity contribution in [1.82, 2.24) is 5.32 Å². The van der Waals surface area contributed by atoms with Crippen molar-refractivity contribution in [2.45, 2.75) is 18.5 Å². The number of nitrogens with one attached hydrogen (secondary N) is 1. The molecule has 0 aromatic heterocycles. The number of esters is 1. The summed E-state index contributed by atoms with van der Waals surface area (Å²) in [5, 5.41) is 17.8. The Kier molecular flexibility index (Phi) is 10.7. The van der Waals surface area contributed by atoms with Gasteiger partial charge in [-0.15, -0.1) is 0 Å². The third-order valence-corrected chi connectivity index (χ3v) is 9.75. The fraction of sp³-hybridized carbons (Fsp3) is 0.122. The van der Waals surface area contributed by atoms with Crippen LogP contribution in [0.15, 0.2) is 146 Å². The number of anilines is 1. The van der Waals surface area contributed by atoms with E-state index in [1.807, 2.05) is 91.0 Å². The minimum absolute atomic E-state index is 0.0895. The molecule has 1 N–H and O–H groups in total. The molecule has 6 aromatic carbocycles. The summed E-state index contributed by atoms with van der Waals surface area (Å²) >= 11 is -3.08. The van der Waals surface area contributed by atoms with Gasteiger partial charge in [0, 0.05) is 16.8 Å². The van der Waals surface area contributed by atoms with E-state index in [4.69, 9.17) is 4.74 Å². The number of Topliss-reactive ketones (excluding diaryl/α,β-unsaturated/α-hetero) is 1. The Morgan fingerprint density at radius 1 is 0.788 bits per heavy atom. The first-order chi connectivity index (χ1) is 25.1. The van der Waals surface area contributed by atoms with Gasteiger partial charge in [-0.25, -0.2) is 0 Å². The molecule has 52 heavy (non-hydrogen) atoms. The molecular weight excluding hydrogens is 679 g/mol. The summed E-state index contributed by atoms with van der Waals surface area (Å²) in [6.07, 6.45) is 0. The Labute approximate surface area is 303 Å². The molecule has 0 amide bonds. The lowest BCUT2D eigenvalue weighted by atomic mass is 9.76. The lowest BCUT2D eigenvalue weighted by Crippen LogP contribution is -2.57. The second-order valence-corrected chi connectivity index (χ2v) is 13.0. The largest absolute Gasteiger partial charge is 0.755 e. The maximum atomic E-state index is 13.7. The highest BCUT2D eigenvalue weighted by Gasteiger charge is 2.41. The fourth-order valence-corrected chi connectivity index (χ4v) is 7.17. The quantitative estimate of drug-likeness (QED) is 0.0327. The molecule has 11 heteroatoms. The second kappa shape index (κ2) is 15.5. The van der Waals surface area contributed by atoms with Crippen LogP contribution in [0.1, 0.15) is 34.0 Å². The SMILES string of the molecule is COC(=O)[C@H](CN(c1cccc(-c2ccc3cc(C(C)=O)ccc3c2)c1[N+](=O)[O-])S(=O)[O-])NC(c1ccccc1)(c1ccccc1)c1ccccc1. The lowest BCUT2D eigenvalue weighted by Gasteiger charge is -2.40. The van der Waals surface area contributed by atoms with Gasteiger partial charge in [-0.05, 0) is 64.2 Å². The Bertz CT molecular complexity index is 2170. The molecule has 0 radical (unpaired) electrons. The minimum atomic E-state index is -3.08. The molecule has 0 aliphatic rings. The summed E-state index contributed by atoms with van der Waals surface area (Å²) in [6, 6.07) is 41.7. The summed E-state index contributed by atoms with van der Waals surface area (Å²) in [7, 11) is 1.20. The zero-order chi connectivity index (χ0) is 36.8. The van der Waals surface area contributed by atoms with E-state index in [2.05, 4.69) is 5.32 Å². The van der Waals surface area contributed by atoms with Gasteiger partial charge >= 0.3 is 11.7 Å². The van der Waals surface area contributed by atoms with Crippen LogP contribution in [0.25, 0.3) is 21.9 Å². The molecule has 0 saturated carbocycles. The fourth-order valence-electron chi connectivity index (χ4n) is 6.59. The first kappa shape index (κ1) is 35.8. The summed E-state index contributed by atoms with van der Waals surface area (Å²) in [5.41, 5.74) is 1.56. The average molecular weight is 713 g/mol. The number of ether oxygens (including phenoxy) is 1. The first-order valence-corrected chi connectivity index (χ1v) is 17.4. The van der Waals surface area contributed by atoms with E-state index in [0.29, 0.717) is 11.1 Å². The van der Waals surface area contributed by atoms with Crippen molar-refractivity contribution in [2.75, 3.05) is 18.0 Å². The van der Waals surface area contributed by atoms with Gasteiger partial charge in [-0.2, -0.15) is 0 Å². The van der Waals surface area contributed by atoms with Crippen molar-refractivity contribution in [2.24, 2.45) is 0 Å². The van der Waals surface area contributed by atoms with Crippen molar-refractivity contribution in [3.05, 3.63) is 178 Å². The zero-order valence-corrected chi connectivity index (χ0v) is 29.1. The highest BCUT2D eigenvalue weighted by Crippen LogP contribution is 2.41. The topological polar surface area (TPSA) is 142 Å². The molecule has 0 fully saturated rings. The van der Waals surface area contributed by atoms with Crippen LogP contribution in [0.3, 0.4) is 0 Å². The van der Waals surface area contributed by atoms with Gasteiger partial charge in [-0.1, -0.05) is 121 Å². The van der Waals surface area contributed by atoms with E-state index in [0.717, 1.165) is 31.8 Å². The lowest BCUT2D eigenvalue weighted by molar-refractivity contribution is -0.383. The van der Waals surface area contributed by atoms with E-state index >= 15 is 0 Å².